The van der Waals surface area contributed by atoms with Crippen LogP contribution in [-0.4, -0.2) is 19.9 Å². The van der Waals surface area contributed by atoms with Crippen molar-refractivity contribution in [2.24, 2.45) is 0 Å². The van der Waals surface area contributed by atoms with Crippen molar-refractivity contribution in [2.45, 2.75) is 6.92 Å². The van der Waals surface area contributed by atoms with E-state index in [9.17, 15) is 4.79 Å². The number of fused-ring (bicyclic) bond motifs is 2. The van der Waals surface area contributed by atoms with E-state index in [2.05, 4.69) is 4.98 Å². The van der Waals surface area contributed by atoms with E-state index in [1.54, 1.807) is 23.2 Å². The van der Waals surface area contributed by atoms with Crippen LogP contribution in [0.15, 0.2) is 55.1 Å². The number of imidazole rings is 1. The van der Waals surface area contributed by atoms with Gasteiger partial charge in [-0.05, 0) is 43.3 Å². The molecule has 22 heavy (non-hydrogen) atoms. The first kappa shape index (κ1) is 12.6. The fraction of sp³-hybridized carbons (Fsp3) is 0.0588. The topological polar surface area (TPSA) is 65.3 Å². The number of anilines is 1. The zero-order valence-corrected chi connectivity index (χ0v) is 12.0. The molecule has 0 atom stereocenters. The molecule has 0 bridgehead atoms. The molecular weight excluding hydrogens is 276 g/mol. The smallest absolute Gasteiger partial charge is 0.262 e. The highest BCUT2D eigenvalue weighted by Crippen LogP contribution is 2.23. The summed E-state index contributed by atoms with van der Waals surface area (Å²) in [5, 5.41) is 0.969. The van der Waals surface area contributed by atoms with Crippen LogP contribution in [0.1, 0.15) is 16.1 Å². The van der Waals surface area contributed by atoms with E-state index >= 15 is 0 Å². The van der Waals surface area contributed by atoms with Gasteiger partial charge in [-0.1, -0.05) is 0 Å². The van der Waals surface area contributed by atoms with Gasteiger partial charge in [-0.15, -0.1) is 0 Å². The fourth-order valence-corrected chi connectivity index (χ4v) is 2.82. The molecule has 0 fully saturated rings. The number of carbonyl (C=O) groups excluding carboxylic acids is 1. The zero-order valence-electron chi connectivity index (χ0n) is 12.0. The van der Waals surface area contributed by atoms with Crippen LogP contribution in [-0.2, 0) is 0 Å². The monoisotopic (exact) mass is 290 g/mol. The lowest BCUT2D eigenvalue weighted by Gasteiger charge is -2.07. The van der Waals surface area contributed by atoms with Crippen molar-refractivity contribution in [3.63, 3.8) is 0 Å². The van der Waals surface area contributed by atoms with Crippen LogP contribution in [0.25, 0.3) is 16.4 Å². The average molecular weight is 290 g/mol. The third-order valence-corrected chi connectivity index (χ3v) is 3.87. The normalized spacial score (nSPS) is 11.3. The minimum atomic E-state index is -0.0547. The Morgan fingerprint density at radius 3 is 2.91 bits per heavy atom. The van der Waals surface area contributed by atoms with Crippen LogP contribution in [0.3, 0.4) is 0 Å². The molecule has 0 saturated heterocycles. The molecule has 3 aromatic heterocycles. The maximum atomic E-state index is 12.9. The summed E-state index contributed by atoms with van der Waals surface area (Å²) in [5.41, 5.74) is 9.79. The highest BCUT2D eigenvalue weighted by molar-refractivity contribution is 6.03. The second-order valence-corrected chi connectivity index (χ2v) is 5.39. The third-order valence-electron chi connectivity index (χ3n) is 3.87. The number of aromatic nitrogens is 3. The Labute approximate surface area is 126 Å². The van der Waals surface area contributed by atoms with E-state index in [0.29, 0.717) is 11.3 Å². The molecule has 5 heteroatoms. The van der Waals surface area contributed by atoms with Gasteiger partial charge in [0.25, 0.3) is 5.91 Å². The summed E-state index contributed by atoms with van der Waals surface area (Å²) in [6.45, 7) is 1.92. The summed E-state index contributed by atoms with van der Waals surface area (Å²) in [5.74, 6) is -0.0547. The number of aryl methyl sites for hydroxylation is 1. The molecule has 0 unspecified atom stereocenters. The minimum absolute atomic E-state index is 0.0547. The van der Waals surface area contributed by atoms with Gasteiger partial charge in [-0.2, -0.15) is 0 Å². The maximum absolute atomic E-state index is 12.9. The summed E-state index contributed by atoms with van der Waals surface area (Å²) < 4.78 is 3.59. The SMILES string of the molecule is Cc1cc2cc(N)ccc2n1C(=O)c1ccn2cncc2c1. The summed E-state index contributed by atoms with van der Waals surface area (Å²) in [4.78, 5) is 17.0. The standard InChI is InChI=1S/C17H14N4O/c1-11-6-13-7-14(18)2-3-16(13)21(11)17(22)12-4-5-20-10-19-9-15(20)8-12/h2-10H,18H2,1H3. The van der Waals surface area contributed by atoms with Gasteiger partial charge in [0.05, 0.1) is 23.6 Å². The molecule has 5 nitrogen and oxygen atoms in total. The third kappa shape index (κ3) is 1.79. The molecule has 0 aliphatic carbocycles. The van der Waals surface area contributed by atoms with Gasteiger partial charge in [0, 0.05) is 28.5 Å². The molecule has 3 heterocycles. The lowest BCUT2D eigenvalue weighted by molar-refractivity contribution is 0.0963. The van der Waals surface area contributed by atoms with Crippen molar-refractivity contribution >= 4 is 28.0 Å². The number of nitrogens with two attached hydrogens (primary N) is 1. The van der Waals surface area contributed by atoms with Crippen LogP contribution in [0.2, 0.25) is 0 Å². The van der Waals surface area contributed by atoms with E-state index in [0.717, 1.165) is 22.1 Å². The number of pyridine rings is 1. The number of nitrogen functional groups attached to an aromatic ring is 1. The Kier molecular flexibility index (Phi) is 2.56. The van der Waals surface area contributed by atoms with Gasteiger partial charge in [-0.25, -0.2) is 4.98 Å². The molecule has 0 radical (unpaired) electrons. The van der Waals surface area contributed by atoms with E-state index in [-0.39, 0.29) is 5.91 Å². The largest absolute Gasteiger partial charge is 0.399 e. The quantitative estimate of drug-likeness (QED) is 0.548. The second kappa shape index (κ2) is 4.46. The molecule has 4 aromatic rings. The lowest BCUT2D eigenvalue weighted by Crippen LogP contribution is -2.13. The Hall–Kier alpha value is -3.08. The fourth-order valence-electron chi connectivity index (χ4n) is 2.82. The van der Waals surface area contributed by atoms with Crippen LogP contribution in [0, 0.1) is 6.92 Å². The molecule has 0 saturated carbocycles. The van der Waals surface area contributed by atoms with Crippen LogP contribution >= 0.6 is 0 Å². The predicted octanol–water partition coefficient (Wildman–Crippen LogP) is 2.87. The molecule has 0 amide bonds. The van der Waals surface area contributed by atoms with Gasteiger partial charge >= 0.3 is 0 Å². The summed E-state index contributed by atoms with van der Waals surface area (Å²) in [7, 11) is 0. The highest BCUT2D eigenvalue weighted by atomic mass is 16.2. The molecule has 1 aromatic carbocycles. The lowest BCUT2D eigenvalue weighted by atomic mass is 10.2. The first-order valence-electron chi connectivity index (χ1n) is 6.97. The number of benzene rings is 1. The van der Waals surface area contributed by atoms with Gasteiger partial charge in [0.15, 0.2) is 0 Å². The highest BCUT2D eigenvalue weighted by Gasteiger charge is 2.15. The Morgan fingerprint density at radius 2 is 2.05 bits per heavy atom. The van der Waals surface area contributed by atoms with Crippen LogP contribution in [0.4, 0.5) is 5.69 Å². The Bertz CT molecular complexity index is 1030. The van der Waals surface area contributed by atoms with Crippen LogP contribution in [0.5, 0.6) is 0 Å². The number of nitrogens with zero attached hydrogens (tertiary/aromatic N) is 3. The van der Waals surface area contributed by atoms with Crippen molar-refractivity contribution in [2.75, 3.05) is 5.73 Å². The molecule has 2 N–H and O–H groups in total. The number of hydrogen-bond acceptors (Lipinski definition) is 3. The van der Waals surface area contributed by atoms with Gasteiger partial charge in [-0.3, -0.25) is 9.36 Å². The summed E-state index contributed by atoms with van der Waals surface area (Å²) in [6, 6.07) is 11.2. The van der Waals surface area contributed by atoms with E-state index < -0.39 is 0 Å². The first-order valence-corrected chi connectivity index (χ1v) is 6.97. The molecule has 4 rings (SSSR count). The van der Waals surface area contributed by atoms with Crippen molar-refractivity contribution in [1.29, 1.82) is 0 Å². The van der Waals surface area contributed by atoms with Crippen molar-refractivity contribution in [3.05, 3.63) is 66.4 Å². The minimum Gasteiger partial charge on any atom is -0.399 e. The predicted molar refractivity (Wildman–Crippen MR) is 86.0 cm³/mol. The zero-order chi connectivity index (χ0) is 15.3. The molecule has 108 valence electrons. The molecule has 0 spiro atoms. The van der Waals surface area contributed by atoms with E-state index in [1.807, 2.05) is 47.9 Å². The molecule has 0 aliphatic rings. The van der Waals surface area contributed by atoms with Crippen molar-refractivity contribution in [1.82, 2.24) is 14.0 Å². The average Bonchev–Trinajstić information content (AvgIpc) is 3.08. The van der Waals surface area contributed by atoms with Crippen molar-refractivity contribution in [3.8, 4) is 0 Å². The van der Waals surface area contributed by atoms with E-state index in [4.69, 9.17) is 5.73 Å². The Morgan fingerprint density at radius 1 is 1.18 bits per heavy atom. The van der Waals surface area contributed by atoms with Gasteiger partial charge < -0.3 is 10.1 Å². The van der Waals surface area contributed by atoms with Crippen molar-refractivity contribution < 1.29 is 4.79 Å². The molecule has 0 aliphatic heterocycles. The summed E-state index contributed by atoms with van der Waals surface area (Å²) >= 11 is 0. The van der Waals surface area contributed by atoms with E-state index in [1.165, 1.54) is 0 Å². The second-order valence-electron chi connectivity index (χ2n) is 5.39. The maximum Gasteiger partial charge on any atom is 0.262 e. The van der Waals surface area contributed by atoms with Gasteiger partial charge in [0.2, 0.25) is 0 Å². The molecular formula is C17H14N4O. The van der Waals surface area contributed by atoms with Crippen LogP contribution < -0.4 is 5.73 Å². The number of rotatable bonds is 1. The number of carbonyl (C=O) groups is 1. The Balaban J connectivity index is 1.90. The van der Waals surface area contributed by atoms with Gasteiger partial charge in [0.1, 0.15) is 0 Å². The summed E-state index contributed by atoms with van der Waals surface area (Å²) in [6.07, 6.45) is 5.29. The first-order chi connectivity index (χ1) is 10.6. The number of hydrogen-bond donors (Lipinski definition) is 1.